The summed E-state index contributed by atoms with van der Waals surface area (Å²) in [6.45, 7) is 7.02. The Hall–Kier alpha value is -2.93. The number of hydrogen-bond donors (Lipinski definition) is 1. The van der Waals surface area contributed by atoms with Crippen molar-refractivity contribution in [2.45, 2.75) is 26.8 Å². The quantitative estimate of drug-likeness (QED) is 0.709. The van der Waals surface area contributed by atoms with Crippen molar-refractivity contribution >= 4 is 16.7 Å². The van der Waals surface area contributed by atoms with Crippen molar-refractivity contribution < 1.29 is 4.79 Å². The second kappa shape index (κ2) is 7.98. The lowest BCUT2D eigenvalue weighted by atomic mass is 10.2. The van der Waals surface area contributed by atoms with Gasteiger partial charge in [-0.2, -0.15) is 9.78 Å². The van der Waals surface area contributed by atoms with E-state index >= 15 is 0 Å². The van der Waals surface area contributed by atoms with E-state index in [4.69, 9.17) is 0 Å². The van der Waals surface area contributed by atoms with Crippen molar-refractivity contribution in [1.29, 1.82) is 0 Å². The van der Waals surface area contributed by atoms with E-state index in [1.807, 2.05) is 74.7 Å². The van der Waals surface area contributed by atoms with E-state index in [2.05, 4.69) is 10.4 Å². The molecule has 0 radical (unpaired) electrons. The molecule has 0 unspecified atom stereocenters. The fourth-order valence-electron chi connectivity index (χ4n) is 3.58. The van der Waals surface area contributed by atoms with Crippen LogP contribution in [-0.2, 0) is 4.79 Å². The Morgan fingerprint density at radius 1 is 1.18 bits per heavy atom. The van der Waals surface area contributed by atoms with Gasteiger partial charge < -0.3 is 14.8 Å². The molecule has 0 aliphatic heterocycles. The average Bonchev–Trinajstić information content (AvgIpc) is 2.93. The normalized spacial score (nSPS) is 12.5. The second-order valence-electron chi connectivity index (χ2n) is 7.30. The molecule has 7 heteroatoms. The number of carbonyl (C=O) groups excluding carboxylic acids is 1. The number of likely N-dealkylation sites (N-methyl/N-ethyl adjacent to an activating group) is 1. The smallest absolute Gasteiger partial charge is 0.281 e. The summed E-state index contributed by atoms with van der Waals surface area (Å²) in [6, 6.07) is 8.92. The SMILES string of the molecule is Cc1c2cnn(-c3ccccc3)c(=O)c2c(C)n1[C@@H](C)C(=O)NCCN(C)C. The summed E-state index contributed by atoms with van der Waals surface area (Å²) in [4.78, 5) is 27.8. The number of carbonyl (C=O) groups is 1. The van der Waals surface area contributed by atoms with Gasteiger partial charge in [-0.15, -0.1) is 0 Å². The molecule has 7 nitrogen and oxygen atoms in total. The van der Waals surface area contributed by atoms with E-state index in [9.17, 15) is 9.59 Å². The topological polar surface area (TPSA) is 72.2 Å². The summed E-state index contributed by atoms with van der Waals surface area (Å²) >= 11 is 0. The van der Waals surface area contributed by atoms with Crippen molar-refractivity contribution in [3.05, 3.63) is 58.3 Å². The van der Waals surface area contributed by atoms with E-state index < -0.39 is 6.04 Å². The minimum absolute atomic E-state index is 0.0651. The Morgan fingerprint density at radius 2 is 1.86 bits per heavy atom. The van der Waals surface area contributed by atoms with Crippen LogP contribution < -0.4 is 10.9 Å². The molecule has 148 valence electrons. The zero-order valence-electron chi connectivity index (χ0n) is 17.1. The lowest BCUT2D eigenvalue weighted by Gasteiger charge is -2.19. The molecule has 28 heavy (non-hydrogen) atoms. The van der Waals surface area contributed by atoms with Gasteiger partial charge in [0.2, 0.25) is 5.91 Å². The number of fused-ring (bicyclic) bond motifs is 1. The maximum atomic E-state index is 13.1. The molecule has 0 aliphatic rings. The van der Waals surface area contributed by atoms with Crippen molar-refractivity contribution in [2.75, 3.05) is 27.2 Å². The van der Waals surface area contributed by atoms with Crippen molar-refractivity contribution in [3.8, 4) is 5.69 Å². The van der Waals surface area contributed by atoms with Crippen LogP contribution in [0.1, 0.15) is 24.4 Å². The third-order valence-electron chi connectivity index (χ3n) is 5.08. The summed E-state index contributed by atoms with van der Waals surface area (Å²) in [5, 5.41) is 8.69. The predicted octanol–water partition coefficient (Wildman–Crippen LogP) is 2.04. The van der Waals surface area contributed by atoms with Gasteiger partial charge in [-0.05, 0) is 47.0 Å². The molecule has 0 spiro atoms. The molecule has 1 N–H and O–H groups in total. The fraction of sp³-hybridized carbons (Fsp3) is 0.381. The summed E-state index contributed by atoms with van der Waals surface area (Å²) in [5.41, 5.74) is 2.18. The van der Waals surface area contributed by atoms with Crippen LogP contribution in [0.3, 0.4) is 0 Å². The van der Waals surface area contributed by atoms with Crippen LogP contribution in [0.2, 0.25) is 0 Å². The molecule has 2 heterocycles. The first-order chi connectivity index (χ1) is 13.3. The fourth-order valence-corrected chi connectivity index (χ4v) is 3.58. The highest BCUT2D eigenvalue weighted by Gasteiger charge is 2.23. The van der Waals surface area contributed by atoms with Gasteiger partial charge in [0.1, 0.15) is 6.04 Å². The lowest BCUT2D eigenvalue weighted by molar-refractivity contribution is -0.123. The number of amides is 1. The molecule has 1 atom stereocenters. The molecule has 3 rings (SSSR count). The summed E-state index contributed by atoms with van der Waals surface area (Å²) < 4.78 is 3.33. The van der Waals surface area contributed by atoms with E-state index in [1.165, 1.54) is 4.68 Å². The maximum absolute atomic E-state index is 13.1. The number of aromatic nitrogens is 3. The summed E-state index contributed by atoms with van der Waals surface area (Å²) in [7, 11) is 3.93. The highest BCUT2D eigenvalue weighted by molar-refractivity contribution is 5.89. The van der Waals surface area contributed by atoms with E-state index in [0.717, 1.165) is 23.3 Å². The first-order valence-electron chi connectivity index (χ1n) is 9.40. The molecular formula is C21H27N5O2. The van der Waals surface area contributed by atoms with Gasteiger partial charge in [-0.1, -0.05) is 18.2 Å². The van der Waals surface area contributed by atoms with Crippen LogP contribution >= 0.6 is 0 Å². The van der Waals surface area contributed by atoms with Crippen molar-refractivity contribution in [1.82, 2.24) is 24.6 Å². The monoisotopic (exact) mass is 381 g/mol. The molecule has 1 aromatic carbocycles. The van der Waals surface area contributed by atoms with Crippen LogP contribution in [-0.4, -0.2) is 52.3 Å². The van der Waals surface area contributed by atoms with Gasteiger partial charge in [0.05, 0.1) is 17.3 Å². The first kappa shape index (κ1) is 19.8. The molecule has 0 fully saturated rings. The standard InChI is InChI=1S/C21H27N5O2/c1-14-18-13-23-26(17-9-7-6-8-10-17)21(28)19(18)15(2)25(14)16(3)20(27)22-11-12-24(4)5/h6-10,13,16H,11-12H2,1-5H3,(H,22,27)/t16-/m0/s1. The van der Waals surface area contributed by atoms with Crippen LogP contribution in [0.4, 0.5) is 0 Å². The highest BCUT2D eigenvalue weighted by atomic mass is 16.2. The van der Waals surface area contributed by atoms with Gasteiger partial charge in [0.25, 0.3) is 5.56 Å². The van der Waals surface area contributed by atoms with Gasteiger partial charge in [0.15, 0.2) is 0 Å². The average molecular weight is 381 g/mol. The Morgan fingerprint density at radius 3 is 2.50 bits per heavy atom. The Kier molecular flexibility index (Phi) is 5.65. The molecule has 0 aliphatic carbocycles. The largest absolute Gasteiger partial charge is 0.353 e. The van der Waals surface area contributed by atoms with Gasteiger partial charge in [-0.25, -0.2) is 0 Å². The van der Waals surface area contributed by atoms with Crippen LogP contribution in [0, 0.1) is 13.8 Å². The summed E-state index contributed by atoms with van der Waals surface area (Å²) in [5.74, 6) is -0.0651. The summed E-state index contributed by atoms with van der Waals surface area (Å²) in [6.07, 6.45) is 1.71. The number of rotatable bonds is 6. The Labute approximate surface area is 164 Å². The van der Waals surface area contributed by atoms with E-state index in [-0.39, 0.29) is 11.5 Å². The second-order valence-corrected chi connectivity index (χ2v) is 7.30. The predicted molar refractivity (Wildman–Crippen MR) is 111 cm³/mol. The highest BCUT2D eigenvalue weighted by Crippen LogP contribution is 2.26. The molecule has 3 aromatic rings. The van der Waals surface area contributed by atoms with E-state index in [0.29, 0.717) is 17.6 Å². The van der Waals surface area contributed by atoms with Gasteiger partial charge in [0, 0.05) is 29.9 Å². The van der Waals surface area contributed by atoms with Crippen LogP contribution in [0.5, 0.6) is 0 Å². The van der Waals surface area contributed by atoms with Crippen LogP contribution in [0.25, 0.3) is 16.5 Å². The minimum atomic E-state index is -0.417. The third-order valence-corrected chi connectivity index (χ3v) is 5.08. The number of nitrogens with zero attached hydrogens (tertiary/aromatic N) is 4. The maximum Gasteiger partial charge on any atom is 0.281 e. The molecule has 0 saturated carbocycles. The van der Waals surface area contributed by atoms with Crippen molar-refractivity contribution in [3.63, 3.8) is 0 Å². The molecule has 0 saturated heterocycles. The zero-order chi connectivity index (χ0) is 20.4. The first-order valence-corrected chi connectivity index (χ1v) is 9.40. The van der Waals surface area contributed by atoms with Crippen LogP contribution in [0.15, 0.2) is 41.3 Å². The van der Waals surface area contributed by atoms with Crippen molar-refractivity contribution in [2.24, 2.45) is 0 Å². The van der Waals surface area contributed by atoms with Gasteiger partial charge in [-0.3, -0.25) is 9.59 Å². The number of nitrogens with one attached hydrogen (secondary N) is 1. The molecule has 0 bridgehead atoms. The number of hydrogen-bond acceptors (Lipinski definition) is 4. The lowest BCUT2D eigenvalue weighted by Crippen LogP contribution is -2.36. The minimum Gasteiger partial charge on any atom is -0.353 e. The Balaban J connectivity index is 2.02. The molecular weight excluding hydrogens is 354 g/mol. The van der Waals surface area contributed by atoms with Gasteiger partial charge >= 0.3 is 0 Å². The Bertz CT molecular complexity index is 1050. The number of aryl methyl sites for hydroxylation is 2. The third kappa shape index (κ3) is 3.57. The zero-order valence-corrected chi connectivity index (χ0v) is 17.1. The molecule has 2 aromatic heterocycles. The number of benzene rings is 1. The molecule has 1 amide bonds. The van der Waals surface area contributed by atoms with E-state index in [1.54, 1.807) is 6.20 Å². The number of para-hydroxylation sites is 1.